The van der Waals surface area contributed by atoms with E-state index in [1.54, 1.807) is 36.4 Å². The molecular weight excluding hydrogens is 344 g/mol. The predicted octanol–water partition coefficient (Wildman–Crippen LogP) is 1.37. The Balaban J connectivity index is 1.80. The van der Waals surface area contributed by atoms with Crippen LogP contribution in [-0.4, -0.2) is 31.7 Å². The molecule has 2 unspecified atom stereocenters. The van der Waals surface area contributed by atoms with E-state index >= 15 is 0 Å². The van der Waals surface area contributed by atoms with Crippen LogP contribution in [-0.2, 0) is 15.0 Å². The molecule has 1 aliphatic rings. The highest BCUT2D eigenvalue weighted by Crippen LogP contribution is 2.28. The SMILES string of the molecule is CN1C(C(=O)Nc2ccc(C#N)cc2)CC(c2ccco2)NS1(=O)=O. The van der Waals surface area contributed by atoms with E-state index in [4.69, 9.17) is 9.68 Å². The zero-order valence-electron chi connectivity index (χ0n) is 13.3. The number of amides is 1. The molecule has 3 rings (SSSR count). The van der Waals surface area contributed by atoms with Crippen molar-refractivity contribution in [3.05, 3.63) is 54.0 Å². The molecule has 0 saturated carbocycles. The third-order valence-corrected chi connectivity index (χ3v) is 5.63. The fourth-order valence-electron chi connectivity index (χ4n) is 2.64. The molecule has 8 nitrogen and oxygen atoms in total. The molecule has 2 aromatic rings. The Morgan fingerprint density at radius 2 is 2.08 bits per heavy atom. The third kappa shape index (κ3) is 3.56. The molecule has 9 heteroatoms. The Morgan fingerprint density at radius 3 is 2.68 bits per heavy atom. The van der Waals surface area contributed by atoms with Gasteiger partial charge in [-0.25, -0.2) is 0 Å². The summed E-state index contributed by atoms with van der Waals surface area (Å²) in [6, 6.07) is 10.1. The zero-order chi connectivity index (χ0) is 18.0. The van der Waals surface area contributed by atoms with Gasteiger partial charge in [0, 0.05) is 12.7 Å². The fraction of sp³-hybridized carbons (Fsp3) is 0.250. The first-order chi connectivity index (χ1) is 11.9. The number of anilines is 1. The number of nitrogens with zero attached hydrogens (tertiary/aromatic N) is 2. The first-order valence-electron chi connectivity index (χ1n) is 7.50. The lowest BCUT2D eigenvalue weighted by Crippen LogP contribution is -2.55. The van der Waals surface area contributed by atoms with Gasteiger partial charge in [-0.2, -0.15) is 22.7 Å². The van der Waals surface area contributed by atoms with Gasteiger partial charge in [-0.05, 0) is 42.8 Å². The predicted molar refractivity (Wildman–Crippen MR) is 89.5 cm³/mol. The number of hydrogen-bond acceptors (Lipinski definition) is 5. The van der Waals surface area contributed by atoms with Crippen LogP contribution in [0.3, 0.4) is 0 Å². The van der Waals surface area contributed by atoms with Crippen molar-refractivity contribution in [3.63, 3.8) is 0 Å². The minimum atomic E-state index is -3.81. The fourth-order valence-corrected chi connectivity index (χ4v) is 3.89. The maximum Gasteiger partial charge on any atom is 0.280 e. The molecule has 0 bridgehead atoms. The number of nitriles is 1. The van der Waals surface area contributed by atoms with Gasteiger partial charge in [-0.1, -0.05) is 0 Å². The summed E-state index contributed by atoms with van der Waals surface area (Å²) >= 11 is 0. The number of rotatable bonds is 3. The number of furan rings is 1. The van der Waals surface area contributed by atoms with Gasteiger partial charge in [0.25, 0.3) is 10.2 Å². The Labute approximate surface area is 145 Å². The quantitative estimate of drug-likeness (QED) is 0.858. The summed E-state index contributed by atoms with van der Waals surface area (Å²) in [6.45, 7) is 0. The maximum absolute atomic E-state index is 12.6. The Kier molecular flexibility index (Phi) is 4.59. The van der Waals surface area contributed by atoms with Crippen molar-refractivity contribution in [3.8, 4) is 6.07 Å². The Hall–Kier alpha value is -2.67. The molecule has 2 heterocycles. The monoisotopic (exact) mass is 360 g/mol. The first-order valence-corrected chi connectivity index (χ1v) is 8.94. The molecular formula is C16H16N4O4S. The number of benzene rings is 1. The Bertz CT molecular complexity index is 901. The average molecular weight is 360 g/mol. The van der Waals surface area contributed by atoms with Crippen LogP contribution in [0.2, 0.25) is 0 Å². The van der Waals surface area contributed by atoms with Crippen molar-refractivity contribution in [2.24, 2.45) is 0 Å². The van der Waals surface area contributed by atoms with Crippen molar-refractivity contribution in [2.75, 3.05) is 12.4 Å². The second-order valence-electron chi connectivity index (χ2n) is 5.64. The second-order valence-corrected chi connectivity index (χ2v) is 7.40. The van der Waals surface area contributed by atoms with E-state index in [1.165, 1.54) is 13.3 Å². The van der Waals surface area contributed by atoms with E-state index in [2.05, 4.69) is 10.0 Å². The highest BCUT2D eigenvalue weighted by atomic mass is 32.2. The van der Waals surface area contributed by atoms with Crippen LogP contribution in [0.1, 0.15) is 23.8 Å². The van der Waals surface area contributed by atoms with E-state index < -0.39 is 28.2 Å². The molecule has 1 aliphatic heterocycles. The Morgan fingerprint density at radius 1 is 1.36 bits per heavy atom. The van der Waals surface area contributed by atoms with Crippen LogP contribution in [0.5, 0.6) is 0 Å². The summed E-state index contributed by atoms with van der Waals surface area (Å²) in [4.78, 5) is 12.6. The van der Waals surface area contributed by atoms with Crippen molar-refractivity contribution in [1.29, 1.82) is 5.26 Å². The molecule has 1 amide bonds. The highest BCUT2D eigenvalue weighted by molar-refractivity contribution is 7.87. The van der Waals surface area contributed by atoms with Crippen molar-refractivity contribution < 1.29 is 17.6 Å². The smallest absolute Gasteiger partial charge is 0.280 e. The van der Waals surface area contributed by atoms with E-state index in [0.29, 0.717) is 17.0 Å². The van der Waals surface area contributed by atoms with Crippen LogP contribution < -0.4 is 10.0 Å². The van der Waals surface area contributed by atoms with Gasteiger partial charge in [-0.15, -0.1) is 0 Å². The highest BCUT2D eigenvalue weighted by Gasteiger charge is 2.41. The molecule has 0 radical (unpaired) electrons. The first kappa shape index (κ1) is 17.2. The van der Waals surface area contributed by atoms with E-state index in [1.807, 2.05) is 6.07 Å². The minimum absolute atomic E-state index is 0.228. The van der Waals surface area contributed by atoms with Crippen LogP contribution >= 0.6 is 0 Å². The lowest BCUT2D eigenvalue weighted by Gasteiger charge is -2.35. The van der Waals surface area contributed by atoms with E-state index in [9.17, 15) is 13.2 Å². The zero-order valence-corrected chi connectivity index (χ0v) is 14.2. The topological polar surface area (TPSA) is 115 Å². The standard InChI is InChI=1S/C16H16N4O4S/c1-20-14(16(21)18-12-6-4-11(10-17)5-7-12)9-13(19-25(20,22)23)15-3-2-8-24-15/h2-8,13-14,19H,9H2,1H3,(H,18,21). The molecule has 0 aliphatic carbocycles. The van der Waals surface area contributed by atoms with Gasteiger partial charge in [0.1, 0.15) is 11.8 Å². The molecule has 2 atom stereocenters. The van der Waals surface area contributed by atoms with Gasteiger partial charge >= 0.3 is 0 Å². The summed E-state index contributed by atoms with van der Waals surface area (Å²) in [6.07, 6.45) is 1.68. The van der Waals surface area contributed by atoms with Crippen LogP contribution in [0.15, 0.2) is 47.1 Å². The third-order valence-electron chi connectivity index (χ3n) is 4.04. The van der Waals surface area contributed by atoms with Crippen molar-refractivity contribution in [1.82, 2.24) is 9.03 Å². The van der Waals surface area contributed by atoms with E-state index in [-0.39, 0.29) is 6.42 Å². The van der Waals surface area contributed by atoms with Crippen LogP contribution in [0.25, 0.3) is 0 Å². The lowest BCUT2D eigenvalue weighted by molar-refractivity contribution is -0.120. The van der Waals surface area contributed by atoms with Gasteiger partial charge in [0.2, 0.25) is 5.91 Å². The number of hydrogen-bond donors (Lipinski definition) is 2. The normalized spacial score (nSPS) is 22.9. The summed E-state index contributed by atoms with van der Waals surface area (Å²) < 4.78 is 33.4. The van der Waals surface area contributed by atoms with Gasteiger partial charge in [-0.3, -0.25) is 4.79 Å². The minimum Gasteiger partial charge on any atom is -0.468 e. The van der Waals surface area contributed by atoms with Crippen LogP contribution in [0.4, 0.5) is 5.69 Å². The molecule has 1 aromatic carbocycles. The molecule has 0 spiro atoms. The van der Waals surface area contributed by atoms with Gasteiger partial charge in [0.05, 0.1) is 23.9 Å². The number of likely N-dealkylation sites (N-methyl/N-ethyl adjacent to an activating group) is 1. The molecule has 130 valence electrons. The molecule has 25 heavy (non-hydrogen) atoms. The molecule has 1 saturated heterocycles. The number of nitrogens with one attached hydrogen (secondary N) is 2. The number of carbonyl (C=O) groups excluding carboxylic acids is 1. The average Bonchev–Trinajstić information content (AvgIpc) is 3.12. The largest absolute Gasteiger partial charge is 0.468 e. The number of carbonyl (C=O) groups is 1. The van der Waals surface area contributed by atoms with E-state index in [0.717, 1.165) is 4.31 Å². The summed E-state index contributed by atoms with van der Waals surface area (Å²) in [7, 11) is -2.46. The summed E-state index contributed by atoms with van der Waals surface area (Å²) in [5, 5.41) is 11.5. The molecule has 2 N–H and O–H groups in total. The summed E-state index contributed by atoms with van der Waals surface area (Å²) in [5.74, 6) is 0.00156. The summed E-state index contributed by atoms with van der Waals surface area (Å²) in [5.41, 5.74) is 0.959. The molecule has 1 fully saturated rings. The molecule has 1 aromatic heterocycles. The van der Waals surface area contributed by atoms with Crippen LogP contribution in [0, 0.1) is 11.3 Å². The maximum atomic E-state index is 12.6. The van der Waals surface area contributed by atoms with Crippen molar-refractivity contribution in [2.45, 2.75) is 18.5 Å². The van der Waals surface area contributed by atoms with Gasteiger partial charge < -0.3 is 9.73 Å². The second kappa shape index (κ2) is 6.68. The van der Waals surface area contributed by atoms with Crippen molar-refractivity contribution >= 4 is 21.8 Å². The lowest BCUT2D eigenvalue weighted by atomic mass is 10.0. The van der Waals surface area contributed by atoms with Gasteiger partial charge in [0.15, 0.2) is 0 Å².